The Morgan fingerprint density at radius 2 is 1.64 bits per heavy atom. The molecule has 2 atom stereocenters. The molecule has 1 aliphatic carbocycles. The molecule has 0 aromatic heterocycles. The number of Topliss-reactive ketones (excluding diaryl/α,β-unsaturated/α-hetero) is 1. The first kappa shape index (κ1) is 27.3. The fourth-order valence-corrected chi connectivity index (χ4v) is 5.91. The number of benzene rings is 3. The number of allylic oxidation sites excluding steroid dienone is 1. The van der Waals surface area contributed by atoms with Gasteiger partial charge in [-0.2, -0.15) is 0 Å². The third kappa shape index (κ3) is 5.70. The molecule has 0 fully saturated rings. The second-order valence-electron chi connectivity index (χ2n) is 10.2. The van der Waals surface area contributed by atoms with Gasteiger partial charge in [0.1, 0.15) is 5.75 Å². The van der Waals surface area contributed by atoms with E-state index < -0.39 is 6.04 Å². The van der Waals surface area contributed by atoms with Crippen molar-refractivity contribution in [2.75, 3.05) is 17.3 Å². The number of hydrogen-bond acceptors (Lipinski definition) is 4. The van der Waals surface area contributed by atoms with Crippen LogP contribution in [0.4, 0.5) is 11.4 Å². The van der Waals surface area contributed by atoms with Crippen LogP contribution in [-0.4, -0.2) is 18.8 Å². The molecule has 0 radical (unpaired) electrons. The predicted molar refractivity (Wildman–Crippen MR) is 158 cm³/mol. The zero-order valence-electron chi connectivity index (χ0n) is 22.2. The SMILES string of the molecule is CCCCCC(=O)N1c2ccc(Cl)cc2NC2=C(C(=O)CC(c3ccc(Cl)cc3)C2)C1c1ccc(OC)cc1. The number of hydrogen-bond donors (Lipinski definition) is 1. The van der Waals surface area contributed by atoms with Crippen molar-refractivity contribution in [3.8, 4) is 5.75 Å². The highest BCUT2D eigenvalue weighted by molar-refractivity contribution is 6.31. The first-order valence-corrected chi connectivity index (χ1v) is 14.2. The first-order valence-electron chi connectivity index (χ1n) is 13.4. The molecule has 7 heteroatoms. The molecule has 5 nitrogen and oxygen atoms in total. The Hall–Kier alpha value is -3.28. The van der Waals surface area contributed by atoms with E-state index in [1.807, 2.05) is 60.7 Å². The van der Waals surface area contributed by atoms with E-state index in [1.54, 1.807) is 18.1 Å². The third-order valence-corrected chi connectivity index (χ3v) is 8.07. The van der Waals surface area contributed by atoms with Crippen molar-refractivity contribution in [2.45, 2.75) is 57.4 Å². The molecule has 3 aromatic rings. The monoisotopic (exact) mass is 562 g/mol. The van der Waals surface area contributed by atoms with Crippen LogP contribution in [0, 0.1) is 0 Å². The number of halogens is 2. The Bertz CT molecular complexity index is 1400. The lowest BCUT2D eigenvalue weighted by atomic mass is 9.78. The van der Waals surface area contributed by atoms with Gasteiger partial charge in [-0.3, -0.25) is 14.5 Å². The Morgan fingerprint density at radius 3 is 2.33 bits per heavy atom. The maximum atomic E-state index is 14.1. The molecule has 1 N–H and O–H groups in total. The van der Waals surface area contributed by atoms with E-state index in [-0.39, 0.29) is 17.6 Å². The summed E-state index contributed by atoms with van der Waals surface area (Å²) in [5.41, 5.74) is 4.80. The van der Waals surface area contributed by atoms with Gasteiger partial charge in [0.05, 0.1) is 24.5 Å². The van der Waals surface area contributed by atoms with Crippen LogP contribution < -0.4 is 15.0 Å². The van der Waals surface area contributed by atoms with E-state index in [1.165, 1.54) is 0 Å². The van der Waals surface area contributed by atoms with E-state index in [4.69, 9.17) is 27.9 Å². The highest BCUT2D eigenvalue weighted by Gasteiger charge is 2.41. The van der Waals surface area contributed by atoms with Crippen molar-refractivity contribution < 1.29 is 14.3 Å². The quantitative estimate of drug-likeness (QED) is 0.293. The van der Waals surface area contributed by atoms with E-state index in [9.17, 15) is 9.59 Å². The molecule has 1 aliphatic heterocycles. The van der Waals surface area contributed by atoms with Gasteiger partial charge in [-0.25, -0.2) is 0 Å². The zero-order chi connectivity index (χ0) is 27.5. The summed E-state index contributed by atoms with van der Waals surface area (Å²) in [6.07, 6.45) is 4.14. The molecule has 2 unspecified atom stereocenters. The maximum absolute atomic E-state index is 14.1. The summed E-state index contributed by atoms with van der Waals surface area (Å²) in [6.45, 7) is 2.12. The molecule has 1 amide bonds. The molecule has 1 heterocycles. The van der Waals surface area contributed by atoms with Crippen molar-refractivity contribution >= 4 is 46.3 Å². The van der Waals surface area contributed by atoms with Crippen LogP contribution in [0.25, 0.3) is 0 Å². The summed E-state index contributed by atoms with van der Waals surface area (Å²) >= 11 is 12.6. The number of fused-ring (bicyclic) bond motifs is 1. The van der Waals surface area contributed by atoms with Gasteiger partial charge in [0.2, 0.25) is 5.91 Å². The smallest absolute Gasteiger partial charge is 0.227 e. The number of ether oxygens (including phenoxy) is 1. The van der Waals surface area contributed by atoms with Crippen LogP contribution in [0.3, 0.4) is 0 Å². The van der Waals surface area contributed by atoms with Gasteiger partial charge in [-0.05, 0) is 72.4 Å². The van der Waals surface area contributed by atoms with Gasteiger partial charge >= 0.3 is 0 Å². The average molecular weight is 564 g/mol. The normalized spacial score (nSPS) is 18.7. The Balaban J connectivity index is 1.67. The third-order valence-electron chi connectivity index (χ3n) is 7.58. The summed E-state index contributed by atoms with van der Waals surface area (Å²) in [5, 5.41) is 4.77. The summed E-state index contributed by atoms with van der Waals surface area (Å²) in [5.74, 6) is 0.711. The van der Waals surface area contributed by atoms with Crippen LogP contribution in [0.5, 0.6) is 5.75 Å². The second-order valence-corrected chi connectivity index (χ2v) is 11.0. The number of rotatable bonds is 7. The summed E-state index contributed by atoms with van der Waals surface area (Å²) in [4.78, 5) is 29.9. The van der Waals surface area contributed by atoms with Gasteiger partial charge in [0.25, 0.3) is 0 Å². The highest BCUT2D eigenvalue weighted by atomic mass is 35.5. The zero-order valence-corrected chi connectivity index (χ0v) is 23.7. The van der Waals surface area contributed by atoms with Crippen LogP contribution in [0.15, 0.2) is 78.0 Å². The Morgan fingerprint density at radius 1 is 0.949 bits per heavy atom. The van der Waals surface area contributed by atoms with Crippen molar-refractivity contribution in [1.29, 1.82) is 0 Å². The number of methoxy groups -OCH3 is 1. The topological polar surface area (TPSA) is 58.6 Å². The van der Waals surface area contributed by atoms with Crippen molar-refractivity contribution in [1.82, 2.24) is 0 Å². The van der Waals surface area contributed by atoms with Crippen LogP contribution in [0.2, 0.25) is 10.0 Å². The fourth-order valence-electron chi connectivity index (χ4n) is 5.61. The van der Waals surface area contributed by atoms with E-state index in [2.05, 4.69) is 12.2 Å². The van der Waals surface area contributed by atoms with Gasteiger partial charge in [0.15, 0.2) is 5.78 Å². The lowest BCUT2D eigenvalue weighted by Crippen LogP contribution is -2.38. The molecule has 0 spiro atoms. The van der Waals surface area contributed by atoms with Crippen molar-refractivity contribution in [2.24, 2.45) is 0 Å². The largest absolute Gasteiger partial charge is 0.497 e. The summed E-state index contributed by atoms with van der Waals surface area (Å²) < 4.78 is 5.39. The standard InChI is InChI=1S/C32H32Cl2N2O3/c1-3-4-5-6-30(38)36-28-16-13-24(34)19-26(28)35-27-17-22(20-7-11-23(33)12-8-20)18-29(37)31(27)32(36)21-9-14-25(39-2)15-10-21/h7-16,19,22,32,35H,3-6,17-18H2,1-2H3. The number of nitrogens with one attached hydrogen (secondary N) is 1. The molecule has 0 saturated carbocycles. The summed E-state index contributed by atoms with van der Waals surface area (Å²) in [6, 6.07) is 20.3. The number of carbonyl (C=O) groups is 2. The lowest BCUT2D eigenvalue weighted by Gasteiger charge is -2.35. The molecule has 5 rings (SSSR count). The molecule has 0 saturated heterocycles. The van der Waals surface area contributed by atoms with E-state index in [0.29, 0.717) is 46.3 Å². The van der Waals surface area contributed by atoms with Crippen molar-refractivity contribution in [3.05, 3.63) is 99.2 Å². The fraction of sp³-hybridized carbons (Fsp3) is 0.312. The number of nitrogens with zero attached hydrogens (tertiary/aromatic N) is 1. The molecular formula is C32H32Cl2N2O3. The Kier molecular flexibility index (Phi) is 8.29. The molecule has 39 heavy (non-hydrogen) atoms. The number of anilines is 2. The maximum Gasteiger partial charge on any atom is 0.227 e. The molecular weight excluding hydrogens is 531 g/mol. The van der Waals surface area contributed by atoms with Gasteiger partial charge in [-0.1, -0.05) is 67.2 Å². The molecule has 0 bridgehead atoms. The minimum absolute atomic E-state index is 0.00743. The Labute approximate surface area is 239 Å². The minimum Gasteiger partial charge on any atom is -0.497 e. The van der Waals surface area contributed by atoms with E-state index in [0.717, 1.165) is 41.8 Å². The van der Waals surface area contributed by atoms with Crippen LogP contribution in [-0.2, 0) is 9.59 Å². The summed E-state index contributed by atoms with van der Waals surface area (Å²) in [7, 11) is 1.62. The minimum atomic E-state index is -0.575. The number of amides is 1. The highest BCUT2D eigenvalue weighted by Crippen LogP contribution is 2.48. The molecule has 2 aliphatic rings. The van der Waals surface area contributed by atoms with Gasteiger partial charge in [-0.15, -0.1) is 0 Å². The van der Waals surface area contributed by atoms with Crippen LogP contribution >= 0.6 is 23.2 Å². The lowest BCUT2D eigenvalue weighted by molar-refractivity contribution is -0.119. The number of carbonyl (C=O) groups excluding carboxylic acids is 2. The van der Waals surface area contributed by atoms with Gasteiger partial charge in [0, 0.05) is 34.2 Å². The average Bonchev–Trinajstić information content (AvgIpc) is 3.07. The molecule has 3 aromatic carbocycles. The second kappa shape index (κ2) is 11.8. The van der Waals surface area contributed by atoms with Gasteiger partial charge < -0.3 is 10.1 Å². The number of ketones is 1. The first-order chi connectivity index (χ1) is 18.9. The van der Waals surface area contributed by atoms with Crippen LogP contribution in [0.1, 0.15) is 68.5 Å². The van der Waals surface area contributed by atoms with E-state index >= 15 is 0 Å². The predicted octanol–water partition coefficient (Wildman–Crippen LogP) is 8.48. The number of unbranched alkanes of at least 4 members (excludes halogenated alkanes) is 2. The molecule has 202 valence electrons. The van der Waals surface area contributed by atoms with Crippen molar-refractivity contribution in [3.63, 3.8) is 0 Å².